The number of allylic oxidation sites excluding steroid dienone is 6. The topological polar surface area (TPSA) is 121 Å². The predicted molar refractivity (Wildman–Crippen MR) is 148 cm³/mol. The van der Waals surface area contributed by atoms with Gasteiger partial charge in [0, 0.05) is 35.2 Å². The third-order valence-corrected chi connectivity index (χ3v) is 9.12. The van der Waals surface area contributed by atoms with Crippen LogP contribution in [0.25, 0.3) is 0 Å². The number of phenols is 2. The first-order valence-corrected chi connectivity index (χ1v) is 13.9. The van der Waals surface area contributed by atoms with Gasteiger partial charge in [-0.15, -0.1) is 0 Å². The van der Waals surface area contributed by atoms with Crippen molar-refractivity contribution >= 4 is 39.3 Å². The number of imide groups is 1. The second-order valence-corrected chi connectivity index (χ2v) is 11.4. The van der Waals surface area contributed by atoms with Crippen LogP contribution in [0.1, 0.15) is 29.9 Å². The highest BCUT2D eigenvalue weighted by molar-refractivity contribution is 9.12. The average molecular weight is 604 g/mol. The Kier molecular flexibility index (Phi) is 6.49. The summed E-state index contributed by atoms with van der Waals surface area (Å²) in [5.74, 6) is -3.11. The summed E-state index contributed by atoms with van der Waals surface area (Å²) >= 11 is 3.22. The first kappa shape index (κ1) is 26.3. The maximum Gasteiger partial charge on any atom is 0.233 e. The number of methoxy groups -OCH3 is 1. The number of hydrogen-bond donors (Lipinski definition) is 2. The number of likely N-dealkylation sites (tertiary alicyclic amines) is 1. The number of carbonyl (C=O) groups is 4. The quantitative estimate of drug-likeness (QED) is 0.300. The Balaban J connectivity index is 1.40. The van der Waals surface area contributed by atoms with Crippen molar-refractivity contribution in [2.24, 2.45) is 17.8 Å². The number of amides is 2. The molecule has 4 unspecified atom stereocenters. The fraction of sp³-hybridized carbons (Fsp3) is 0.290. The summed E-state index contributed by atoms with van der Waals surface area (Å²) in [6, 6.07) is 11.4. The molecule has 40 heavy (non-hydrogen) atoms. The van der Waals surface area contributed by atoms with E-state index in [0.29, 0.717) is 35.3 Å². The normalized spacial score (nSPS) is 25.8. The molecular weight excluding hydrogens is 578 g/mol. The van der Waals surface area contributed by atoms with Crippen LogP contribution in [-0.4, -0.2) is 52.1 Å². The van der Waals surface area contributed by atoms with E-state index in [2.05, 4.69) is 15.9 Å². The van der Waals surface area contributed by atoms with E-state index in [1.807, 2.05) is 6.08 Å². The molecule has 1 heterocycles. The molecule has 3 aliphatic carbocycles. The fourth-order valence-electron chi connectivity index (χ4n) is 6.64. The number of halogens is 1. The van der Waals surface area contributed by atoms with Gasteiger partial charge in [0.15, 0.2) is 11.6 Å². The van der Waals surface area contributed by atoms with Crippen LogP contribution in [0.5, 0.6) is 17.2 Å². The van der Waals surface area contributed by atoms with Crippen molar-refractivity contribution in [3.05, 3.63) is 86.9 Å². The number of benzene rings is 2. The number of ketones is 2. The minimum Gasteiger partial charge on any atom is -0.508 e. The molecule has 1 aliphatic heterocycles. The van der Waals surface area contributed by atoms with E-state index < -0.39 is 23.7 Å². The highest BCUT2D eigenvalue weighted by Crippen LogP contribution is 2.56. The fourth-order valence-corrected chi connectivity index (χ4v) is 7.09. The van der Waals surface area contributed by atoms with Gasteiger partial charge in [0.05, 0.1) is 23.4 Å². The zero-order chi connectivity index (χ0) is 28.3. The van der Waals surface area contributed by atoms with Gasteiger partial charge in [0.25, 0.3) is 0 Å². The molecule has 2 amide bonds. The zero-order valence-corrected chi connectivity index (χ0v) is 23.2. The molecule has 4 atom stereocenters. The zero-order valence-electron chi connectivity index (χ0n) is 21.6. The molecule has 204 valence electrons. The highest BCUT2D eigenvalue weighted by Gasteiger charge is 2.56. The van der Waals surface area contributed by atoms with Gasteiger partial charge < -0.3 is 14.9 Å². The van der Waals surface area contributed by atoms with E-state index >= 15 is 0 Å². The lowest BCUT2D eigenvalue weighted by atomic mass is 9.59. The van der Waals surface area contributed by atoms with Gasteiger partial charge in [0.2, 0.25) is 11.8 Å². The lowest BCUT2D eigenvalue weighted by Gasteiger charge is -2.42. The van der Waals surface area contributed by atoms with Crippen LogP contribution in [0.4, 0.5) is 0 Å². The number of Topliss-reactive ketones (excluding diaryl/α,β-unsaturated/α-hetero) is 1. The monoisotopic (exact) mass is 603 g/mol. The van der Waals surface area contributed by atoms with E-state index in [9.17, 15) is 29.4 Å². The molecule has 9 heteroatoms. The van der Waals surface area contributed by atoms with Crippen LogP contribution in [0, 0.1) is 17.8 Å². The molecule has 2 aromatic rings. The molecule has 6 rings (SSSR count). The van der Waals surface area contributed by atoms with Crippen LogP contribution < -0.4 is 4.74 Å². The predicted octanol–water partition coefficient (Wildman–Crippen LogP) is 4.11. The van der Waals surface area contributed by atoms with Gasteiger partial charge in [-0.25, -0.2) is 0 Å². The molecule has 0 bridgehead atoms. The van der Waals surface area contributed by atoms with Crippen LogP contribution in [0.3, 0.4) is 0 Å². The standard InChI is InChI=1S/C31H26BrNO7/c1-40-17-6-9-24(35)21(12-17)26-18-7-8-19-27(20(18)13-22-28(26)25(36)14-23(32)29(22)37)31(39)33(30(19)38)11-10-15-2-4-16(34)5-3-15/h2-7,9,12,14,19-20,26-27,34-35H,8,10-11,13H2,1H3. The third kappa shape index (κ3) is 4.11. The van der Waals surface area contributed by atoms with Crippen molar-refractivity contribution in [3.63, 3.8) is 0 Å². The second-order valence-electron chi connectivity index (χ2n) is 10.6. The summed E-state index contributed by atoms with van der Waals surface area (Å²) in [7, 11) is 1.50. The minimum absolute atomic E-state index is 0.0560. The summed E-state index contributed by atoms with van der Waals surface area (Å²) in [4.78, 5) is 55.3. The average Bonchev–Trinajstić information content (AvgIpc) is 3.19. The summed E-state index contributed by atoms with van der Waals surface area (Å²) in [6.07, 6.45) is 4.10. The molecule has 2 N–H and O–H groups in total. The number of hydrogen-bond acceptors (Lipinski definition) is 7. The van der Waals surface area contributed by atoms with Crippen molar-refractivity contribution < 1.29 is 34.1 Å². The molecule has 4 aliphatic rings. The second kappa shape index (κ2) is 9.89. The molecule has 0 saturated carbocycles. The number of nitrogens with zero attached hydrogens (tertiary/aromatic N) is 1. The van der Waals surface area contributed by atoms with Crippen LogP contribution >= 0.6 is 15.9 Å². The Morgan fingerprint density at radius 3 is 2.48 bits per heavy atom. The van der Waals surface area contributed by atoms with Gasteiger partial charge in [-0.3, -0.25) is 24.1 Å². The van der Waals surface area contributed by atoms with Crippen LogP contribution in [0.2, 0.25) is 0 Å². The van der Waals surface area contributed by atoms with Crippen molar-refractivity contribution in [3.8, 4) is 17.2 Å². The van der Waals surface area contributed by atoms with E-state index in [1.165, 1.54) is 24.2 Å². The van der Waals surface area contributed by atoms with Gasteiger partial charge in [0.1, 0.15) is 17.2 Å². The van der Waals surface area contributed by atoms with Gasteiger partial charge >= 0.3 is 0 Å². The summed E-state index contributed by atoms with van der Waals surface area (Å²) < 4.78 is 5.53. The molecule has 8 nitrogen and oxygen atoms in total. The maximum atomic E-state index is 13.8. The molecule has 0 aromatic heterocycles. The Labute approximate surface area is 238 Å². The molecule has 1 saturated heterocycles. The molecular formula is C31H26BrNO7. The van der Waals surface area contributed by atoms with Crippen molar-refractivity contribution in [1.82, 2.24) is 4.90 Å². The molecule has 0 radical (unpaired) electrons. The van der Waals surface area contributed by atoms with E-state index in [4.69, 9.17) is 4.74 Å². The van der Waals surface area contributed by atoms with E-state index in [0.717, 1.165) is 11.1 Å². The summed E-state index contributed by atoms with van der Waals surface area (Å²) in [5, 5.41) is 20.5. The minimum atomic E-state index is -0.757. The van der Waals surface area contributed by atoms with Crippen LogP contribution in [0.15, 0.2) is 75.8 Å². The summed E-state index contributed by atoms with van der Waals surface area (Å²) in [6.45, 7) is 0.206. The number of rotatable bonds is 5. The summed E-state index contributed by atoms with van der Waals surface area (Å²) in [5.41, 5.74) is 2.65. The number of phenolic OH excluding ortho intramolecular Hbond substituents is 2. The van der Waals surface area contributed by atoms with Crippen molar-refractivity contribution in [2.75, 3.05) is 13.7 Å². The number of carbonyl (C=O) groups excluding carboxylic acids is 4. The van der Waals surface area contributed by atoms with E-state index in [-0.39, 0.29) is 52.3 Å². The molecule has 0 spiro atoms. The molecule has 1 fully saturated rings. The van der Waals surface area contributed by atoms with Crippen LogP contribution in [-0.2, 0) is 25.6 Å². The lowest BCUT2D eigenvalue weighted by molar-refractivity contribution is -0.140. The Morgan fingerprint density at radius 2 is 1.75 bits per heavy atom. The number of aromatic hydroxyl groups is 2. The highest BCUT2D eigenvalue weighted by atomic mass is 79.9. The SMILES string of the molecule is COc1ccc(O)c(C2C3=CCC4C(=O)N(CCc5ccc(O)cc5)C(=O)C4C3CC3=C2C(=O)C=C(Br)C3=O)c1. The first-order chi connectivity index (χ1) is 19.2. The van der Waals surface area contributed by atoms with Crippen molar-refractivity contribution in [1.29, 1.82) is 0 Å². The largest absolute Gasteiger partial charge is 0.508 e. The van der Waals surface area contributed by atoms with Crippen molar-refractivity contribution in [2.45, 2.75) is 25.2 Å². The van der Waals surface area contributed by atoms with E-state index in [1.54, 1.807) is 36.4 Å². The smallest absolute Gasteiger partial charge is 0.233 e. The number of ether oxygens (including phenoxy) is 1. The van der Waals surface area contributed by atoms with Gasteiger partial charge in [-0.2, -0.15) is 0 Å². The Bertz CT molecular complexity index is 1570. The lowest BCUT2D eigenvalue weighted by Crippen LogP contribution is -2.39. The number of fused-ring (bicyclic) bond motifs is 3. The third-order valence-electron chi connectivity index (χ3n) is 8.53. The van der Waals surface area contributed by atoms with Gasteiger partial charge in [-0.1, -0.05) is 23.8 Å². The molecule has 2 aromatic carbocycles. The maximum absolute atomic E-state index is 13.8. The Morgan fingerprint density at radius 1 is 1.00 bits per heavy atom. The first-order valence-electron chi connectivity index (χ1n) is 13.1. The Hall–Kier alpha value is -3.98. The van der Waals surface area contributed by atoms with Gasteiger partial charge in [-0.05, 0) is 77.0 Å².